The van der Waals surface area contributed by atoms with E-state index in [2.05, 4.69) is 15.3 Å². The molecule has 0 radical (unpaired) electrons. The average molecular weight is 372 g/mol. The van der Waals surface area contributed by atoms with Crippen LogP contribution in [0.2, 0.25) is 0 Å². The zero-order valence-electron chi connectivity index (χ0n) is 15.0. The highest BCUT2D eigenvalue weighted by molar-refractivity contribution is 5.92. The lowest BCUT2D eigenvalue weighted by molar-refractivity contribution is -0.384. The number of ether oxygens (including phenoxy) is 1. The van der Waals surface area contributed by atoms with Crippen LogP contribution < -0.4 is 10.1 Å². The van der Waals surface area contributed by atoms with Crippen molar-refractivity contribution in [1.29, 1.82) is 0 Å². The molecule has 0 aliphatic carbocycles. The van der Waals surface area contributed by atoms with Crippen LogP contribution in [0.25, 0.3) is 22.3 Å². The van der Waals surface area contributed by atoms with E-state index in [1.165, 1.54) is 12.1 Å². The second-order valence-corrected chi connectivity index (χ2v) is 6.08. The number of rotatable bonds is 5. The minimum atomic E-state index is -0.431. The molecule has 0 saturated heterocycles. The summed E-state index contributed by atoms with van der Waals surface area (Å²) in [6, 6.07) is 21.4. The van der Waals surface area contributed by atoms with Crippen LogP contribution in [-0.2, 0) is 0 Å². The molecule has 0 amide bonds. The van der Waals surface area contributed by atoms with Gasteiger partial charge in [0.25, 0.3) is 5.69 Å². The lowest BCUT2D eigenvalue weighted by atomic mass is 10.1. The first-order chi connectivity index (χ1) is 13.6. The normalized spacial score (nSPS) is 10.6. The number of benzene rings is 3. The standard InChI is InChI=1S/C21H16N4O3/c1-28-17-9-5-7-15(13-17)22-21-18-10-2-3-11-19(18)23-20(24-21)14-6-4-8-16(12-14)25(26)27/h2-13H,1H3,(H,22,23,24). The van der Waals surface area contributed by atoms with Gasteiger partial charge in [0.05, 0.1) is 17.5 Å². The van der Waals surface area contributed by atoms with E-state index in [-0.39, 0.29) is 5.69 Å². The predicted molar refractivity (Wildman–Crippen MR) is 108 cm³/mol. The fraction of sp³-hybridized carbons (Fsp3) is 0.0476. The van der Waals surface area contributed by atoms with Crippen LogP contribution in [0.4, 0.5) is 17.2 Å². The molecule has 1 aromatic heterocycles. The molecule has 0 saturated carbocycles. The Hall–Kier alpha value is -4.00. The molecule has 28 heavy (non-hydrogen) atoms. The first-order valence-corrected chi connectivity index (χ1v) is 8.57. The maximum Gasteiger partial charge on any atom is 0.270 e. The van der Waals surface area contributed by atoms with E-state index in [4.69, 9.17) is 4.74 Å². The Bertz CT molecular complexity index is 1180. The molecule has 0 bridgehead atoms. The second kappa shape index (κ2) is 7.32. The summed E-state index contributed by atoms with van der Waals surface area (Å²) in [7, 11) is 1.61. The molecule has 0 spiro atoms. The Labute approximate surface area is 160 Å². The third-order valence-electron chi connectivity index (χ3n) is 4.25. The molecule has 7 heteroatoms. The molecular weight excluding hydrogens is 356 g/mol. The van der Waals surface area contributed by atoms with Crippen molar-refractivity contribution in [2.45, 2.75) is 0 Å². The van der Waals surface area contributed by atoms with Gasteiger partial charge in [-0.25, -0.2) is 9.97 Å². The number of hydrogen-bond donors (Lipinski definition) is 1. The van der Waals surface area contributed by atoms with Gasteiger partial charge in [0.2, 0.25) is 0 Å². The Balaban J connectivity index is 1.83. The van der Waals surface area contributed by atoms with E-state index in [0.717, 1.165) is 22.3 Å². The summed E-state index contributed by atoms with van der Waals surface area (Å²) >= 11 is 0. The molecule has 7 nitrogen and oxygen atoms in total. The van der Waals surface area contributed by atoms with Crippen molar-refractivity contribution < 1.29 is 9.66 Å². The van der Waals surface area contributed by atoms with Gasteiger partial charge in [-0.05, 0) is 24.3 Å². The number of methoxy groups -OCH3 is 1. The van der Waals surface area contributed by atoms with Gasteiger partial charge >= 0.3 is 0 Å². The largest absolute Gasteiger partial charge is 0.497 e. The monoisotopic (exact) mass is 372 g/mol. The van der Waals surface area contributed by atoms with Crippen molar-refractivity contribution in [3.8, 4) is 17.1 Å². The van der Waals surface area contributed by atoms with Gasteiger partial charge in [-0.3, -0.25) is 10.1 Å². The molecule has 3 aromatic carbocycles. The van der Waals surface area contributed by atoms with Crippen LogP contribution >= 0.6 is 0 Å². The molecule has 4 aromatic rings. The summed E-state index contributed by atoms with van der Waals surface area (Å²) in [5.41, 5.74) is 2.13. The second-order valence-electron chi connectivity index (χ2n) is 6.08. The summed E-state index contributed by atoms with van der Waals surface area (Å²) in [5.74, 6) is 1.75. The minimum absolute atomic E-state index is 0.00318. The summed E-state index contributed by atoms with van der Waals surface area (Å²) < 4.78 is 5.27. The maximum absolute atomic E-state index is 11.1. The minimum Gasteiger partial charge on any atom is -0.497 e. The number of anilines is 2. The molecule has 0 fully saturated rings. The third-order valence-corrected chi connectivity index (χ3v) is 4.25. The Morgan fingerprint density at radius 3 is 2.61 bits per heavy atom. The van der Waals surface area contributed by atoms with Crippen LogP contribution in [0.1, 0.15) is 0 Å². The van der Waals surface area contributed by atoms with E-state index in [1.54, 1.807) is 19.2 Å². The molecular formula is C21H16N4O3. The number of nitro benzene ring substituents is 1. The molecule has 138 valence electrons. The van der Waals surface area contributed by atoms with Crippen LogP contribution in [0.5, 0.6) is 5.75 Å². The number of nitro groups is 1. The van der Waals surface area contributed by atoms with E-state index >= 15 is 0 Å². The zero-order chi connectivity index (χ0) is 19.5. The smallest absolute Gasteiger partial charge is 0.270 e. The summed E-state index contributed by atoms with van der Waals surface area (Å²) in [5, 5.41) is 15.3. The molecule has 0 atom stereocenters. The van der Waals surface area contributed by atoms with Gasteiger partial charge in [-0.2, -0.15) is 0 Å². The Morgan fingerprint density at radius 1 is 0.964 bits per heavy atom. The zero-order valence-corrected chi connectivity index (χ0v) is 15.0. The molecule has 0 unspecified atom stereocenters. The number of nitrogens with one attached hydrogen (secondary N) is 1. The van der Waals surface area contributed by atoms with Gasteiger partial charge in [-0.15, -0.1) is 0 Å². The molecule has 0 aliphatic rings. The van der Waals surface area contributed by atoms with Crippen LogP contribution in [0.15, 0.2) is 72.8 Å². The predicted octanol–water partition coefficient (Wildman–Crippen LogP) is 4.96. The fourth-order valence-electron chi connectivity index (χ4n) is 2.90. The highest BCUT2D eigenvalue weighted by Crippen LogP contribution is 2.29. The first-order valence-electron chi connectivity index (χ1n) is 8.57. The molecule has 1 N–H and O–H groups in total. The van der Waals surface area contributed by atoms with Crippen molar-refractivity contribution in [2.75, 3.05) is 12.4 Å². The first kappa shape index (κ1) is 17.4. The van der Waals surface area contributed by atoms with Gasteiger partial charge < -0.3 is 10.1 Å². The lowest BCUT2D eigenvalue weighted by Crippen LogP contribution is -2.00. The maximum atomic E-state index is 11.1. The van der Waals surface area contributed by atoms with E-state index in [0.29, 0.717) is 17.2 Å². The van der Waals surface area contributed by atoms with Crippen molar-refractivity contribution in [1.82, 2.24) is 9.97 Å². The summed E-state index contributed by atoms with van der Waals surface area (Å²) in [4.78, 5) is 19.9. The average Bonchev–Trinajstić information content (AvgIpc) is 2.74. The van der Waals surface area contributed by atoms with Gasteiger partial charge in [0.1, 0.15) is 11.6 Å². The van der Waals surface area contributed by atoms with Crippen LogP contribution in [-0.4, -0.2) is 22.0 Å². The Morgan fingerprint density at radius 2 is 1.79 bits per heavy atom. The summed E-state index contributed by atoms with van der Waals surface area (Å²) in [6.45, 7) is 0. The highest BCUT2D eigenvalue weighted by Gasteiger charge is 2.13. The fourth-order valence-corrected chi connectivity index (χ4v) is 2.90. The summed E-state index contributed by atoms with van der Waals surface area (Å²) in [6.07, 6.45) is 0. The van der Waals surface area contributed by atoms with E-state index in [1.807, 2.05) is 48.5 Å². The topological polar surface area (TPSA) is 90.2 Å². The molecule has 4 rings (SSSR count). The molecule has 1 heterocycles. The van der Waals surface area contributed by atoms with Crippen molar-refractivity contribution in [3.63, 3.8) is 0 Å². The van der Waals surface area contributed by atoms with E-state index < -0.39 is 4.92 Å². The van der Waals surface area contributed by atoms with Crippen molar-refractivity contribution in [3.05, 3.63) is 82.9 Å². The van der Waals surface area contributed by atoms with Crippen molar-refractivity contribution >= 4 is 28.1 Å². The van der Waals surface area contributed by atoms with E-state index in [9.17, 15) is 10.1 Å². The number of aromatic nitrogens is 2. The van der Waals surface area contributed by atoms with Gasteiger partial charge in [-0.1, -0.05) is 30.3 Å². The highest BCUT2D eigenvalue weighted by atomic mass is 16.6. The van der Waals surface area contributed by atoms with Crippen LogP contribution in [0.3, 0.4) is 0 Å². The number of nitrogens with zero attached hydrogens (tertiary/aromatic N) is 3. The Kier molecular flexibility index (Phi) is 4.55. The van der Waals surface area contributed by atoms with Gasteiger partial charge in [0, 0.05) is 34.8 Å². The molecule has 0 aliphatic heterocycles. The van der Waals surface area contributed by atoms with Gasteiger partial charge in [0.15, 0.2) is 5.82 Å². The number of fused-ring (bicyclic) bond motifs is 1. The number of non-ortho nitro benzene ring substituents is 1. The quantitative estimate of drug-likeness (QED) is 0.393. The lowest BCUT2D eigenvalue weighted by Gasteiger charge is -2.12. The number of hydrogen-bond acceptors (Lipinski definition) is 6. The van der Waals surface area contributed by atoms with Crippen molar-refractivity contribution in [2.24, 2.45) is 0 Å². The number of para-hydroxylation sites is 1. The van der Waals surface area contributed by atoms with Crippen LogP contribution in [0, 0.1) is 10.1 Å². The third kappa shape index (κ3) is 3.45. The SMILES string of the molecule is COc1cccc(Nc2nc(-c3cccc([N+](=O)[O-])c3)nc3ccccc23)c1.